The lowest BCUT2D eigenvalue weighted by Crippen LogP contribution is -2.42. The Kier molecular flexibility index (Phi) is 4.14. The van der Waals surface area contributed by atoms with Crippen LogP contribution in [0, 0.1) is 0 Å². The van der Waals surface area contributed by atoms with Crippen molar-refractivity contribution in [2.45, 2.75) is 39.8 Å². The van der Waals surface area contributed by atoms with E-state index in [0.717, 1.165) is 10.8 Å². The highest BCUT2D eigenvalue weighted by molar-refractivity contribution is 6.07. The summed E-state index contributed by atoms with van der Waals surface area (Å²) in [4.78, 5) is 29.9. The molecule has 124 valence electrons. The lowest BCUT2D eigenvalue weighted by molar-refractivity contribution is 0.0644. The summed E-state index contributed by atoms with van der Waals surface area (Å²) in [5, 5.41) is 2.51. The van der Waals surface area contributed by atoms with E-state index in [2.05, 4.69) is 4.98 Å². The van der Waals surface area contributed by atoms with E-state index in [-0.39, 0.29) is 23.6 Å². The number of carbonyl (C=O) groups excluding carboxylic acids is 1. The molecule has 3 aromatic rings. The van der Waals surface area contributed by atoms with Gasteiger partial charge in [-0.2, -0.15) is 0 Å². The van der Waals surface area contributed by atoms with Crippen LogP contribution >= 0.6 is 0 Å². The normalized spacial score (nSPS) is 11.6. The van der Waals surface area contributed by atoms with Crippen LogP contribution in [0.15, 0.2) is 47.3 Å². The molecule has 0 spiro atoms. The fraction of sp³-hybridized carbons (Fsp3) is 0.300. The van der Waals surface area contributed by atoms with E-state index in [4.69, 9.17) is 0 Å². The summed E-state index contributed by atoms with van der Waals surface area (Å²) in [7, 11) is 0. The van der Waals surface area contributed by atoms with Crippen LogP contribution in [-0.4, -0.2) is 27.9 Å². The molecular weight excluding hydrogens is 300 g/mol. The van der Waals surface area contributed by atoms with E-state index in [9.17, 15) is 9.59 Å². The van der Waals surface area contributed by atoms with Gasteiger partial charge in [0.15, 0.2) is 0 Å². The lowest BCUT2D eigenvalue weighted by atomic mass is 10.0. The van der Waals surface area contributed by atoms with Crippen LogP contribution in [0.3, 0.4) is 0 Å². The van der Waals surface area contributed by atoms with Crippen LogP contribution in [0.4, 0.5) is 0 Å². The lowest BCUT2D eigenvalue weighted by Gasteiger charge is -2.31. The number of rotatable bonds is 3. The number of hydrogen-bond acceptors (Lipinski definition) is 2. The van der Waals surface area contributed by atoms with Crippen LogP contribution in [0.25, 0.3) is 21.7 Å². The second-order valence-electron chi connectivity index (χ2n) is 6.66. The van der Waals surface area contributed by atoms with Crippen molar-refractivity contribution in [3.8, 4) is 0 Å². The van der Waals surface area contributed by atoms with Crippen LogP contribution in [-0.2, 0) is 0 Å². The SMILES string of the molecule is CC(C)N(C(=O)c1ccc2c(c1)[nH]c(=O)c1ccccc12)C(C)C. The van der Waals surface area contributed by atoms with Gasteiger partial charge in [0.25, 0.3) is 11.5 Å². The van der Waals surface area contributed by atoms with Crippen molar-refractivity contribution in [2.24, 2.45) is 0 Å². The zero-order valence-corrected chi connectivity index (χ0v) is 14.5. The molecule has 0 radical (unpaired) electrons. The molecule has 0 saturated carbocycles. The van der Waals surface area contributed by atoms with Crippen LogP contribution < -0.4 is 5.56 Å². The first kappa shape index (κ1) is 16.2. The number of nitrogens with zero attached hydrogens (tertiary/aromatic N) is 1. The Hall–Kier alpha value is -2.62. The zero-order chi connectivity index (χ0) is 17.4. The molecule has 0 fully saturated rings. The molecule has 0 unspecified atom stereocenters. The summed E-state index contributed by atoms with van der Waals surface area (Å²) in [6.45, 7) is 8.03. The van der Waals surface area contributed by atoms with Gasteiger partial charge in [0.2, 0.25) is 0 Å². The molecule has 4 heteroatoms. The van der Waals surface area contributed by atoms with Gasteiger partial charge < -0.3 is 9.88 Å². The van der Waals surface area contributed by atoms with E-state index in [1.807, 2.05) is 69.0 Å². The Morgan fingerprint density at radius 3 is 2.17 bits per heavy atom. The maximum atomic E-state index is 12.9. The summed E-state index contributed by atoms with van der Waals surface area (Å²) in [6.07, 6.45) is 0. The minimum absolute atomic E-state index is 0.0177. The predicted molar refractivity (Wildman–Crippen MR) is 98.5 cm³/mol. The minimum atomic E-state index is -0.132. The largest absolute Gasteiger partial charge is 0.334 e. The molecule has 1 N–H and O–H groups in total. The first-order valence-electron chi connectivity index (χ1n) is 8.27. The molecule has 1 heterocycles. The molecule has 0 bridgehead atoms. The standard InChI is InChI=1S/C20H22N2O2/c1-12(2)22(13(3)4)20(24)14-9-10-16-15-7-5-6-8-17(15)19(23)21-18(16)11-14/h5-13H,1-4H3,(H,21,23). The summed E-state index contributed by atoms with van der Waals surface area (Å²) in [5.41, 5.74) is 1.15. The smallest absolute Gasteiger partial charge is 0.256 e. The van der Waals surface area contributed by atoms with Crippen molar-refractivity contribution in [1.29, 1.82) is 0 Å². The highest BCUT2D eigenvalue weighted by Crippen LogP contribution is 2.23. The number of pyridine rings is 1. The van der Waals surface area contributed by atoms with Crippen molar-refractivity contribution in [3.63, 3.8) is 0 Å². The molecule has 4 nitrogen and oxygen atoms in total. The molecule has 0 saturated heterocycles. The average Bonchev–Trinajstić information content (AvgIpc) is 2.54. The zero-order valence-electron chi connectivity index (χ0n) is 14.5. The third-order valence-electron chi connectivity index (χ3n) is 4.32. The van der Waals surface area contributed by atoms with E-state index in [1.165, 1.54) is 0 Å². The molecule has 0 aliphatic rings. The van der Waals surface area contributed by atoms with Gasteiger partial charge >= 0.3 is 0 Å². The summed E-state index contributed by atoms with van der Waals surface area (Å²) >= 11 is 0. The number of aromatic nitrogens is 1. The third kappa shape index (κ3) is 2.68. The number of benzene rings is 2. The molecule has 1 amide bonds. The second kappa shape index (κ2) is 6.11. The van der Waals surface area contributed by atoms with Gasteiger partial charge in [0.05, 0.1) is 0 Å². The van der Waals surface area contributed by atoms with E-state index < -0.39 is 0 Å². The highest BCUT2D eigenvalue weighted by atomic mass is 16.2. The Morgan fingerprint density at radius 2 is 1.54 bits per heavy atom. The fourth-order valence-corrected chi connectivity index (χ4v) is 3.34. The van der Waals surface area contributed by atoms with Gasteiger partial charge in [-0.3, -0.25) is 9.59 Å². The Balaban J connectivity index is 2.17. The number of hydrogen-bond donors (Lipinski definition) is 1. The topological polar surface area (TPSA) is 53.2 Å². The van der Waals surface area contributed by atoms with Crippen LogP contribution in [0.5, 0.6) is 0 Å². The van der Waals surface area contributed by atoms with Crippen molar-refractivity contribution in [1.82, 2.24) is 9.88 Å². The molecule has 0 aliphatic carbocycles. The Morgan fingerprint density at radius 1 is 0.917 bits per heavy atom. The highest BCUT2D eigenvalue weighted by Gasteiger charge is 2.22. The van der Waals surface area contributed by atoms with Gasteiger partial charge in [-0.1, -0.05) is 24.3 Å². The van der Waals surface area contributed by atoms with Crippen LogP contribution in [0.1, 0.15) is 38.1 Å². The average molecular weight is 322 g/mol. The predicted octanol–water partition coefficient (Wildman–Crippen LogP) is 3.94. The molecule has 1 aromatic heterocycles. The number of amides is 1. The molecule has 0 aliphatic heterocycles. The van der Waals surface area contributed by atoms with Gasteiger partial charge in [0, 0.05) is 33.9 Å². The molecular formula is C20H22N2O2. The Labute approximate surface area is 141 Å². The van der Waals surface area contributed by atoms with Gasteiger partial charge in [-0.25, -0.2) is 0 Å². The first-order valence-corrected chi connectivity index (χ1v) is 8.27. The number of fused-ring (bicyclic) bond motifs is 3. The van der Waals surface area contributed by atoms with E-state index >= 15 is 0 Å². The second-order valence-corrected chi connectivity index (χ2v) is 6.66. The maximum Gasteiger partial charge on any atom is 0.256 e. The molecule has 3 rings (SSSR count). The number of H-pyrrole nitrogens is 1. The van der Waals surface area contributed by atoms with Crippen molar-refractivity contribution in [3.05, 3.63) is 58.4 Å². The number of carbonyl (C=O) groups is 1. The molecule has 0 atom stereocenters. The minimum Gasteiger partial charge on any atom is -0.334 e. The Bertz CT molecular complexity index is 962. The fourth-order valence-electron chi connectivity index (χ4n) is 3.34. The first-order chi connectivity index (χ1) is 11.4. The number of nitrogens with one attached hydrogen (secondary N) is 1. The van der Waals surface area contributed by atoms with E-state index in [1.54, 1.807) is 6.07 Å². The molecule has 24 heavy (non-hydrogen) atoms. The van der Waals surface area contributed by atoms with E-state index in [0.29, 0.717) is 16.5 Å². The van der Waals surface area contributed by atoms with Gasteiger partial charge in [-0.05, 0) is 51.3 Å². The number of aromatic amines is 1. The summed E-state index contributed by atoms with van der Waals surface area (Å²) in [5.74, 6) is -0.0177. The third-order valence-corrected chi connectivity index (χ3v) is 4.32. The molecule has 2 aromatic carbocycles. The summed E-state index contributed by atoms with van der Waals surface area (Å²) in [6, 6.07) is 13.3. The van der Waals surface area contributed by atoms with Crippen LogP contribution in [0.2, 0.25) is 0 Å². The summed E-state index contributed by atoms with van der Waals surface area (Å²) < 4.78 is 0. The quantitative estimate of drug-likeness (QED) is 0.743. The van der Waals surface area contributed by atoms with Gasteiger partial charge in [0.1, 0.15) is 0 Å². The van der Waals surface area contributed by atoms with Crippen molar-refractivity contribution < 1.29 is 4.79 Å². The van der Waals surface area contributed by atoms with Crippen molar-refractivity contribution >= 4 is 27.6 Å². The van der Waals surface area contributed by atoms with Gasteiger partial charge in [-0.15, -0.1) is 0 Å². The maximum absolute atomic E-state index is 12.9. The van der Waals surface area contributed by atoms with Crippen molar-refractivity contribution in [2.75, 3.05) is 0 Å². The monoisotopic (exact) mass is 322 g/mol.